The normalized spacial score (nSPS) is 23.7. The number of sulfonamides is 1. The van der Waals surface area contributed by atoms with E-state index < -0.39 is 10.0 Å². The number of morpholine rings is 1. The Hall–Kier alpha value is -2.33. The van der Waals surface area contributed by atoms with Crippen LogP contribution in [0.4, 0.5) is 4.39 Å². The van der Waals surface area contributed by atoms with Gasteiger partial charge in [-0.1, -0.05) is 12.1 Å². The highest BCUT2D eigenvalue weighted by atomic mass is 32.2. The molecule has 0 aromatic heterocycles. The zero-order valence-electron chi connectivity index (χ0n) is 19.5. The molecule has 3 atom stereocenters. The SMILES string of the molecule is CC1CN(S(=O)(=O)c2ccc(C(=O)N(Cc3cccc(F)c3)CC3CCCO3)cc2)CC(C)O1. The Morgan fingerprint density at radius 3 is 2.44 bits per heavy atom. The highest BCUT2D eigenvalue weighted by molar-refractivity contribution is 7.89. The Morgan fingerprint density at radius 2 is 1.82 bits per heavy atom. The summed E-state index contributed by atoms with van der Waals surface area (Å²) >= 11 is 0. The van der Waals surface area contributed by atoms with Gasteiger partial charge in [-0.15, -0.1) is 0 Å². The van der Waals surface area contributed by atoms with Crippen molar-refractivity contribution in [2.45, 2.75) is 56.4 Å². The standard InChI is InChI=1S/C25H31FN2O5S/c1-18-14-28(15-19(2)33-18)34(30,31)24-10-8-21(9-11-24)25(29)27(17-23-7-4-12-32-23)16-20-5-3-6-22(26)13-20/h3,5-6,8-11,13,18-19,23H,4,7,12,14-17H2,1-2H3. The third-order valence-corrected chi connectivity index (χ3v) is 7.97. The van der Waals surface area contributed by atoms with Crippen LogP contribution in [0.2, 0.25) is 0 Å². The molecule has 7 nitrogen and oxygen atoms in total. The molecule has 9 heteroatoms. The summed E-state index contributed by atoms with van der Waals surface area (Å²) in [4.78, 5) is 15.1. The summed E-state index contributed by atoms with van der Waals surface area (Å²) in [6.07, 6.45) is 1.36. The number of halogens is 1. The average Bonchev–Trinajstić information content (AvgIpc) is 3.31. The second-order valence-electron chi connectivity index (χ2n) is 9.05. The van der Waals surface area contributed by atoms with E-state index >= 15 is 0 Å². The van der Waals surface area contributed by atoms with Gasteiger partial charge in [-0.3, -0.25) is 4.79 Å². The van der Waals surface area contributed by atoms with E-state index in [2.05, 4.69) is 0 Å². The summed E-state index contributed by atoms with van der Waals surface area (Å²) in [7, 11) is -3.70. The van der Waals surface area contributed by atoms with E-state index in [1.807, 2.05) is 13.8 Å². The predicted molar refractivity (Wildman–Crippen MR) is 125 cm³/mol. The fourth-order valence-electron chi connectivity index (χ4n) is 4.54. The molecule has 2 fully saturated rings. The topological polar surface area (TPSA) is 76.2 Å². The number of hydrogen-bond donors (Lipinski definition) is 0. The van der Waals surface area contributed by atoms with E-state index in [1.54, 1.807) is 17.0 Å². The zero-order valence-corrected chi connectivity index (χ0v) is 20.3. The lowest BCUT2D eigenvalue weighted by Gasteiger charge is -2.34. The van der Waals surface area contributed by atoms with Gasteiger partial charge in [-0.25, -0.2) is 12.8 Å². The number of benzene rings is 2. The van der Waals surface area contributed by atoms with Crippen LogP contribution in [0.15, 0.2) is 53.4 Å². The van der Waals surface area contributed by atoms with Crippen molar-refractivity contribution < 1.29 is 27.1 Å². The van der Waals surface area contributed by atoms with Crippen LogP contribution in [0.3, 0.4) is 0 Å². The van der Waals surface area contributed by atoms with E-state index in [1.165, 1.54) is 40.7 Å². The lowest BCUT2D eigenvalue weighted by molar-refractivity contribution is -0.0440. The number of amides is 1. The molecular weight excluding hydrogens is 459 g/mol. The van der Waals surface area contributed by atoms with Crippen molar-refractivity contribution in [3.8, 4) is 0 Å². The zero-order chi connectivity index (χ0) is 24.3. The molecule has 2 aromatic rings. The van der Waals surface area contributed by atoms with E-state index in [4.69, 9.17) is 9.47 Å². The van der Waals surface area contributed by atoms with E-state index in [0.29, 0.717) is 24.3 Å². The molecule has 0 radical (unpaired) electrons. The first-order valence-corrected chi connectivity index (χ1v) is 13.1. The average molecular weight is 491 g/mol. The van der Waals surface area contributed by atoms with Crippen molar-refractivity contribution in [3.05, 3.63) is 65.5 Å². The molecule has 34 heavy (non-hydrogen) atoms. The molecular formula is C25H31FN2O5S. The number of carbonyl (C=O) groups excluding carboxylic acids is 1. The minimum absolute atomic E-state index is 0.0672. The molecule has 0 spiro atoms. The van der Waals surface area contributed by atoms with Crippen molar-refractivity contribution in [1.82, 2.24) is 9.21 Å². The third-order valence-electron chi connectivity index (χ3n) is 6.12. The predicted octanol–water partition coefficient (Wildman–Crippen LogP) is 3.45. The number of ether oxygens (including phenoxy) is 2. The van der Waals surface area contributed by atoms with Gasteiger partial charge in [0, 0.05) is 38.3 Å². The van der Waals surface area contributed by atoms with Gasteiger partial charge >= 0.3 is 0 Å². The fraction of sp³-hybridized carbons (Fsp3) is 0.480. The maximum atomic E-state index is 13.7. The van der Waals surface area contributed by atoms with Gasteiger partial charge in [0.2, 0.25) is 10.0 Å². The van der Waals surface area contributed by atoms with Crippen LogP contribution >= 0.6 is 0 Å². The Kier molecular flexibility index (Phi) is 7.67. The van der Waals surface area contributed by atoms with E-state index in [9.17, 15) is 17.6 Å². The fourth-order valence-corrected chi connectivity index (χ4v) is 6.13. The summed E-state index contributed by atoms with van der Waals surface area (Å²) in [5.74, 6) is -0.611. The van der Waals surface area contributed by atoms with Crippen LogP contribution in [0.1, 0.15) is 42.6 Å². The molecule has 0 saturated carbocycles. The van der Waals surface area contributed by atoms with Crippen molar-refractivity contribution in [3.63, 3.8) is 0 Å². The minimum Gasteiger partial charge on any atom is -0.376 e. The van der Waals surface area contributed by atoms with Crippen LogP contribution in [0.5, 0.6) is 0 Å². The molecule has 2 saturated heterocycles. The number of rotatable bonds is 7. The van der Waals surface area contributed by atoms with Gasteiger partial charge < -0.3 is 14.4 Å². The first-order chi connectivity index (χ1) is 16.2. The smallest absolute Gasteiger partial charge is 0.254 e. The van der Waals surface area contributed by atoms with Gasteiger partial charge in [-0.05, 0) is 68.7 Å². The molecule has 2 aliphatic rings. The maximum absolute atomic E-state index is 13.7. The molecule has 3 unspecified atom stereocenters. The van der Waals surface area contributed by atoms with E-state index in [0.717, 1.165) is 12.8 Å². The van der Waals surface area contributed by atoms with Crippen molar-refractivity contribution >= 4 is 15.9 Å². The lowest BCUT2D eigenvalue weighted by atomic mass is 10.1. The summed E-state index contributed by atoms with van der Waals surface area (Å²) in [5.41, 5.74) is 1.05. The van der Waals surface area contributed by atoms with Crippen molar-refractivity contribution in [2.24, 2.45) is 0 Å². The molecule has 0 aliphatic carbocycles. The molecule has 1 amide bonds. The first-order valence-electron chi connectivity index (χ1n) is 11.6. The van der Waals surface area contributed by atoms with Crippen LogP contribution in [-0.2, 0) is 26.0 Å². The van der Waals surface area contributed by atoms with E-state index in [-0.39, 0.29) is 54.6 Å². The van der Waals surface area contributed by atoms with Gasteiger partial charge in [0.15, 0.2) is 0 Å². The largest absolute Gasteiger partial charge is 0.376 e. The molecule has 2 aromatic carbocycles. The Bertz CT molecular complexity index is 1090. The molecule has 2 heterocycles. The Labute approximate surface area is 200 Å². The van der Waals surface area contributed by atoms with Crippen molar-refractivity contribution in [2.75, 3.05) is 26.2 Å². The molecule has 4 rings (SSSR count). The molecule has 184 valence electrons. The van der Waals surface area contributed by atoms with Gasteiger partial charge in [0.25, 0.3) is 5.91 Å². The number of hydrogen-bond acceptors (Lipinski definition) is 5. The third kappa shape index (κ3) is 5.83. The highest BCUT2D eigenvalue weighted by Gasteiger charge is 2.32. The van der Waals surface area contributed by atoms with Crippen LogP contribution in [0, 0.1) is 5.82 Å². The Balaban J connectivity index is 1.53. The summed E-state index contributed by atoms with van der Waals surface area (Å²) in [6.45, 7) is 5.56. The second kappa shape index (κ2) is 10.5. The van der Waals surface area contributed by atoms with Crippen LogP contribution in [0.25, 0.3) is 0 Å². The van der Waals surface area contributed by atoms with Gasteiger partial charge in [-0.2, -0.15) is 4.31 Å². The van der Waals surface area contributed by atoms with Crippen LogP contribution in [-0.4, -0.2) is 68.1 Å². The Morgan fingerprint density at radius 1 is 1.12 bits per heavy atom. The van der Waals surface area contributed by atoms with Gasteiger partial charge in [0.05, 0.1) is 23.2 Å². The number of nitrogens with zero attached hydrogens (tertiary/aromatic N) is 2. The van der Waals surface area contributed by atoms with Crippen LogP contribution < -0.4 is 0 Å². The molecule has 0 N–H and O–H groups in total. The minimum atomic E-state index is -3.70. The summed E-state index contributed by atoms with van der Waals surface area (Å²) in [5, 5.41) is 0. The number of carbonyl (C=O) groups is 1. The monoisotopic (exact) mass is 490 g/mol. The summed E-state index contributed by atoms with van der Waals surface area (Å²) < 4.78 is 52.7. The quantitative estimate of drug-likeness (QED) is 0.594. The lowest BCUT2D eigenvalue weighted by Crippen LogP contribution is -2.48. The maximum Gasteiger partial charge on any atom is 0.254 e. The molecule has 0 bridgehead atoms. The second-order valence-corrected chi connectivity index (χ2v) is 11.0. The summed E-state index contributed by atoms with van der Waals surface area (Å²) in [6, 6.07) is 12.2. The first kappa shape index (κ1) is 24.8. The van der Waals surface area contributed by atoms with Crippen molar-refractivity contribution in [1.29, 1.82) is 0 Å². The highest BCUT2D eigenvalue weighted by Crippen LogP contribution is 2.23. The van der Waals surface area contributed by atoms with Gasteiger partial charge in [0.1, 0.15) is 5.82 Å². The molecule has 2 aliphatic heterocycles.